The Labute approximate surface area is 107 Å². The van der Waals surface area contributed by atoms with Gasteiger partial charge in [-0.05, 0) is 12.1 Å². The van der Waals surface area contributed by atoms with Gasteiger partial charge in [-0.25, -0.2) is 4.98 Å². The number of hydrogen-bond donors (Lipinski definition) is 1. The molecule has 0 spiro atoms. The third-order valence-electron chi connectivity index (χ3n) is 2.55. The van der Waals surface area contributed by atoms with Gasteiger partial charge in [0, 0.05) is 6.07 Å². The Morgan fingerprint density at radius 2 is 1.89 bits per heavy atom. The van der Waals surface area contributed by atoms with Crippen LogP contribution in [0.3, 0.4) is 0 Å². The first-order valence-electron chi connectivity index (χ1n) is 5.30. The number of nitrogens with zero attached hydrogens (tertiary/aromatic N) is 1. The number of rotatable bonds is 3. The van der Waals surface area contributed by atoms with Crippen LogP contribution in [0.15, 0.2) is 24.4 Å². The Kier molecular flexibility index (Phi) is 3.37. The van der Waals surface area contributed by atoms with Gasteiger partial charge in [0.1, 0.15) is 23.0 Å². The molecule has 1 N–H and O–H groups in total. The minimum atomic E-state index is -4.45. The fourth-order valence-corrected chi connectivity index (χ4v) is 1.60. The van der Waals surface area contributed by atoms with Crippen LogP contribution >= 0.6 is 0 Å². The molecule has 0 aliphatic rings. The zero-order valence-electron chi connectivity index (χ0n) is 10.2. The van der Waals surface area contributed by atoms with E-state index in [-0.39, 0.29) is 5.82 Å². The van der Waals surface area contributed by atoms with Crippen molar-refractivity contribution in [2.45, 2.75) is 6.18 Å². The van der Waals surface area contributed by atoms with Crippen LogP contribution in [0, 0.1) is 0 Å². The van der Waals surface area contributed by atoms with E-state index in [1.54, 1.807) is 18.2 Å². The van der Waals surface area contributed by atoms with E-state index in [1.165, 1.54) is 14.2 Å². The highest BCUT2D eigenvalue weighted by molar-refractivity contribution is 5.66. The van der Waals surface area contributed by atoms with Gasteiger partial charge >= 0.3 is 6.18 Å². The van der Waals surface area contributed by atoms with Crippen molar-refractivity contribution in [2.24, 2.45) is 0 Å². The molecule has 0 bridgehead atoms. The van der Waals surface area contributed by atoms with E-state index in [1.807, 2.05) is 0 Å². The van der Waals surface area contributed by atoms with Crippen molar-refractivity contribution in [2.75, 3.05) is 14.2 Å². The third kappa shape index (κ3) is 2.64. The fourth-order valence-electron chi connectivity index (χ4n) is 1.60. The number of ether oxygens (including phenoxy) is 2. The second-order valence-electron chi connectivity index (χ2n) is 3.71. The number of imidazole rings is 1. The largest absolute Gasteiger partial charge is 0.497 e. The van der Waals surface area contributed by atoms with Crippen LogP contribution < -0.4 is 9.47 Å². The van der Waals surface area contributed by atoms with E-state index in [4.69, 9.17) is 9.47 Å². The van der Waals surface area contributed by atoms with Crippen molar-refractivity contribution in [3.63, 3.8) is 0 Å². The molecule has 1 aromatic carbocycles. The lowest BCUT2D eigenvalue weighted by molar-refractivity contribution is -0.140. The number of alkyl halides is 3. The molecule has 0 saturated carbocycles. The molecule has 0 saturated heterocycles. The van der Waals surface area contributed by atoms with Crippen LogP contribution in [0.25, 0.3) is 11.4 Å². The molecule has 1 heterocycles. The average Bonchev–Trinajstić information content (AvgIpc) is 2.87. The highest BCUT2D eigenvalue weighted by Crippen LogP contribution is 2.34. The number of nitrogens with one attached hydrogen (secondary N) is 1. The Bertz CT molecular complexity index is 579. The smallest absolute Gasteiger partial charge is 0.432 e. The quantitative estimate of drug-likeness (QED) is 0.933. The van der Waals surface area contributed by atoms with Crippen LogP contribution in [-0.2, 0) is 6.18 Å². The van der Waals surface area contributed by atoms with E-state index in [9.17, 15) is 13.2 Å². The maximum absolute atomic E-state index is 12.5. The number of aromatic amines is 1. The second-order valence-corrected chi connectivity index (χ2v) is 3.71. The van der Waals surface area contributed by atoms with Gasteiger partial charge in [-0.2, -0.15) is 13.2 Å². The first-order valence-corrected chi connectivity index (χ1v) is 5.30. The molecule has 0 fully saturated rings. The zero-order valence-corrected chi connectivity index (χ0v) is 10.2. The monoisotopic (exact) mass is 272 g/mol. The summed E-state index contributed by atoms with van der Waals surface area (Å²) >= 11 is 0. The van der Waals surface area contributed by atoms with Gasteiger partial charge in [-0.1, -0.05) is 0 Å². The van der Waals surface area contributed by atoms with E-state index < -0.39 is 11.9 Å². The van der Waals surface area contributed by atoms with Gasteiger partial charge < -0.3 is 14.5 Å². The minimum Gasteiger partial charge on any atom is -0.497 e. The molecule has 2 rings (SSSR count). The molecule has 7 heteroatoms. The van der Waals surface area contributed by atoms with Crippen LogP contribution in [0.1, 0.15) is 5.69 Å². The van der Waals surface area contributed by atoms with Crippen molar-refractivity contribution < 1.29 is 22.6 Å². The summed E-state index contributed by atoms with van der Waals surface area (Å²) in [5, 5.41) is 0. The van der Waals surface area contributed by atoms with Gasteiger partial charge in [0.15, 0.2) is 0 Å². The minimum absolute atomic E-state index is 0.0897. The topological polar surface area (TPSA) is 47.1 Å². The zero-order chi connectivity index (χ0) is 14.0. The van der Waals surface area contributed by atoms with Crippen molar-refractivity contribution in [3.8, 4) is 22.9 Å². The maximum atomic E-state index is 12.5. The molecular weight excluding hydrogens is 261 g/mol. The SMILES string of the molecule is COc1ccc(-c2ncc(C(F)(F)F)[nH]2)c(OC)c1. The van der Waals surface area contributed by atoms with Gasteiger partial charge in [-0.15, -0.1) is 0 Å². The highest BCUT2D eigenvalue weighted by atomic mass is 19.4. The molecule has 1 aromatic heterocycles. The third-order valence-corrected chi connectivity index (χ3v) is 2.55. The van der Waals surface area contributed by atoms with Crippen molar-refractivity contribution >= 4 is 0 Å². The normalized spacial score (nSPS) is 11.4. The molecule has 2 aromatic rings. The summed E-state index contributed by atoms with van der Waals surface area (Å²) in [6.07, 6.45) is -3.70. The van der Waals surface area contributed by atoms with Crippen LogP contribution in [0.2, 0.25) is 0 Å². The lowest BCUT2D eigenvalue weighted by Gasteiger charge is -2.08. The number of H-pyrrole nitrogens is 1. The Hall–Kier alpha value is -2.18. The first kappa shape index (κ1) is 13.3. The lowest BCUT2D eigenvalue weighted by atomic mass is 10.2. The standard InChI is InChI=1S/C12H11F3N2O2/c1-18-7-3-4-8(9(5-7)19-2)11-16-6-10(17-11)12(13,14)15/h3-6H,1-2H3,(H,16,17). The predicted octanol–water partition coefficient (Wildman–Crippen LogP) is 3.11. The second kappa shape index (κ2) is 4.83. The number of halogens is 3. The average molecular weight is 272 g/mol. The van der Waals surface area contributed by atoms with Gasteiger partial charge in [0.05, 0.1) is 26.0 Å². The van der Waals surface area contributed by atoms with Crippen molar-refractivity contribution in [1.29, 1.82) is 0 Å². The summed E-state index contributed by atoms with van der Waals surface area (Å²) in [5.41, 5.74) is -0.473. The lowest BCUT2D eigenvalue weighted by Crippen LogP contribution is -2.04. The Morgan fingerprint density at radius 3 is 2.42 bits per heavy atom. The molecule has 0 unspecified atom stereocenters. The molecule has 0 aliphatic carbocycles. The van der Waals surface area contributed by atoms with E-state index in [0.717, 1.165) is 6.20 Å². The molecule has 19 heavy (non-hydrogen) atoms. The maximum Gasteiger partial charge on any atom is 0.432 e. The molecule has 0 aliphatic heterocycles. The van der Waals surface area contributed by atoms with E-state index in [0.29, 0.717) is 17.1 Å². The van der Waals surface area contributed by atoms with Crippen LogP contribution in [-0.4, -0.2) is 24.2 Å². The summed E-state index contributed by atoms with van der Waals surface area (Å²) in [6, 6.07) is 4.77. The molecular formula is C12H11F3N2O2. The van der Waals surface area contributed by atoms with E-state index in [2.05, 4.69) is 9.97 Å². The number of methoxy groups -OCH3 is 2. The molecule has 4 nitrogen and oxygen atoms in total. The summed E-state index contributed by atoms with van der Waals surface area (Å²) in [4.78, 5) is 5.95. The number of hydrogen-bond acceptors (Lipinski definition) is 3. The van der Waals surface area contributed by atoms with Gasteiger partial charge in [0.2, 0.25) is 0 Å². The molecule has 0 radical (unpaired) electrons. The Morgan fingerprint density at radius 1 is 1.16 bits per heavy atom. The van der Waals surface area contributed by atoms with Crippen molar-refractivity contribution in [3.05, 3.63) is 30.1 Å². The van der Waals surface area contributed by atoms with Gasteiger partial charge in [0.25, 0.3) is 0 Å². The Balaban J connectivity index is 2.44. The molecule has 0 atom stereocenters. The highest BCUT2D eigenvalue weighted by Gasteiger charge is 2.33. The van der Waals surface area contributed by atoms with Crippen molar-refractivity contribution in [1.82, 2.24) is 9.97 Å². The number of aromatic nitrogens is 2. The van der Waals surface area contributed by atoms with E-state index >= 15 is 0 Å². The first-order chi connectivity index (χ1) is 8.95. The summed E-state index contributed by atoms with van der Waals surface area (Å²) in [6.45, 7) is 0. The van der Waals surface area contributed by atoms with Crippen LogP contribution in [0.4, 0.5) is 13.2 Å². The molecule has 102 valence electrons. The summed E-state index contributed by atoms with van der Waals surface area (Å²) < 4.78 is 47.6. The predicted molar refractivity (Wildman–Crippen MR) is 62.1 cm³/mol. The molecule has 0 amide bonds. The summed E-state index contributed by atoms with van der Waals surface area (Å²) in [5.74, 6) is 1.01. The summed E-state index contributed by atoms with van der Waals surface area (Å²) in [7, 11) is 2.91. The van der Waals surface area contributed by atoms with Crippen LogP contribution in [0.5, 0.6) is 11.5 Å². The van der Waals surface area contributed by atoms with Gasteiger partial charge in [-0.3, -0.25) is 0 Å². The fraction of sp³-hybridized carbons (Fsp3) is 0.250. The number of benzene rings is 1.